The average Bonchev–Trinajstić information content (AvgIpc) is 3.36. The summed E-state index contributed by atoms with van der Waals surface area (Å²) < 4.78 is 17.2. The Labute approximate surface area is 270 Å². The first-order valence-electron chi connectivity index (χ1n) is 18.0. The molecule has 1 heterocycles. The van der Waals surface area contributed by atoms with E-state index >= 15 is 0 Å². The number of hydrogen-bond acceptors (Lipinski definition) is 5. The summed E-state index contributed by atoms with van der Waals surface area (Å²) in [4.78, 5) is 25.0. The monoisotopic (exact) mass is 616 g/mol. The predicted molar refractivity (Wildman–Crippen MR) is 180 cm³/mol. The molecule has 45 heavy (non-hydrogen) atoms. The van der Waals surface area contributed by atoms with Crippen LogP contribution in [0.25, 0.3) is 11.0 Å². The molecule has 0 unspecified atom stereocenters. The maximum Gasteiger partial charge on any atom is 0.344 e. The lowest BCUT2D eigenvalue weighted by atomic mass is 9.47. The minimum atomic E-state index is -0.346. The van der Waals surface area contributed by atoms with Gasteiger partial charge in [0.2, 0.25) is 0 Å². The maximum atomic E-state index is 12.9. The van der Waals surface area contributed by atoms with E-state index in [-0.39, 0.29) is 29.7 Å². The Morgan fingerprint density at radius 1 is 1.00 bits per heavy atom. The second kappa shape index (κ2) is 12.6. The van der Waals surface area contributed by atoms with Gasteiger partial charge in [-0.1, -0.05) is 65.5 Å². The lowest BCUT2D eigenvalue weighted by molar-refractivity contribution is -0.153. The quantitative estimate of drug-likeness (QED) is 0.159. The Bertz CT molecular complexity index is 1500. The van der Waals surface area contributed by atoms with E-state index in [1.807, 2.05) is 19.1 Å². The van der Waals surface area contributed by atoms with Crippen molar-refractivity contribution in [1.29, 1.82) is 0 Å². The zero-order chi connectivity index (χ0) is 32.1. The number of rotatable bonds is 9. The number of carbonyl (C=O) groups is 1. The van der Waals surface area contributed by atoms with E-state index in [0.717, 1.165) is 65.7 Å². The van der Waals surface area contributed by atoms with Gasteiger partial charge in [-0.2, -0.15) is 0 Å². The first kappa shape index (κ1) is 32.4. The van der Waals surface area contributed by atoms with Gasteiger partial charge in [-0.05, 0) is 123 Å². The first-order chi connectivity index (χ1) is 21.4. The van der Waals surface area contributed by atoms with Crippen LogP contribution >= 0.6 is 0 Å². The third kappa shape index (κ3) is 6.02. The second-order valence-corrected chi connectivity index (χ2v) is 16.2. The molecule has 0 N–H and O–H groups in total. The van der Waals surface area contributed by atoms with Crippen LogP contribution in [0, 0.1) is 60.2 Å². The highest BCUT2D eigenvalue weighted by Crippen LogP contribution is 2.67. The van der Waals surface area contributed by atoms with Crippen molar-refractivity contribution in [2.45, 2.75) is 125 Å². The van der Waals surface area contributed by atoms with Crippen molar-refractivity contribution in [3.8, 4) is 5.75 Å². The van der Waals surface area contributed by atoms with Gasteiger partial charge in [-0.15, -0.1) is 0 Å². The lowest BCUT2D eigenvalue weighted by Crippen LogP contribution is -2.51. The SMILES string of the molecule is Cc1c(C)c2ccc(OCC(=O)O[C@@H]3CC[C@]4(C)C(=CC[C@@H]5[C@H]4CC[C@@]4(C)[C@@H]([C@H](C)CCCC(C)C)CC[C@@H]54)C3)cc2oc1=O. The van der Waals surface area contributed by atoms with Gasteiger partial charge in [0.25, 0.3) is 0 Å². The van der Waals surface area contributed by atoms with E-state index in [9.17, 15) is 9.59 Å². The predicted octanol–water partition coefficient (Wildman–Crippen LogP) is 9.74. The molecule has 0 amide bonds. The van der Waals surface area contributed by atoms with Gasteiger partial charge >= 0.3 is 11.6 Å². The molecule has 5 nitrogen and oxygen atoms in total. The summed E-state index contributed by atoms with van der Waals surface area (Å²) in [6.07, 6.45) is 16.3. The largest absolute Gasteiger partial charge is 0.482 e. The molecule has 0 radical (unpaired) electrons. The fourth-order valence-corrected chi connectivity index (χ4v) is 10.6. The molecule has 0 bridgehead atoms. The highest BCUT2D eigenvalue weighted by atomic mass is 16.6. The Kier molecular flexibility index (Phi) is 9.04. The van der Waals surface area contributed by atoms with Crippen molar-refractivity contribution in [3.05, 3.63) is 51.4 Å². The molecule has 1 aromatic carbocycles. The van der Waals surface area contributed by atoms with Crippen molar-refractivity contribution in [2.24, 2.45) is 46.3 Å². The van der Waals surface area contributed by atoms with Crippen LogP contribution in [0.15, 0.2) is 39.1 Å². The van der Waals surface area contributed by atoms with E-state index in [1.165, 1.54) is 56.9 Å². The molecule has 1 aromatic heterocycles. The number of esters is 1. The fraction of sp³-hybridized carbons (Fsp3) is 0.700. The van der Waals surface area contributed by atoms with E-state index in [1.54, 1.807) is 13.0 Å². The summed E-state index contributed by atoms with van der Waals surface area (Å²) in [5.74, 6) is 5.10. The van der Waals surface area contributed by atoms with Gasteiger partial charge in [-0.3, -0.25) is 0 Å². The molecule has 3 saturated carbocycles. The molecular formula is C40H56O5. The highest BCUT2D eigenvalue weighted by Gasteiger charge is 2.59. The average molecular weight is 617 g/mol. The van der Waals surface area contributed by atoms with E-state index in [0.29, 0.717) is 22.3 Å². The standard InChI is InChI=1S/C40H56O5/c1-24(2)9-8-10-25(3)33-15-16-34-32-13-11-28-21-30(17-19-39(28,6)35(32)18-20-40(33,34)7)44-37(41)23-43-29-12-14-31-26(4)27(5)38(42)45-36(31)22-29/h11-12,14,22,24-25,30,32-35H,8-10,13,15-21,23H2,1-7H3/t25-,30-,32+,33-,34+,35-,39-,40+/m1/s1. The van der Waals surface area contributed by atoms with Gasteiger partial charge in [0, 0.05) is 23.4 Å². The third-order valence-electron chi connectivity index (χ3n) is 13.3. The van der Waals surface area contributed by atoms with E-state index in [2.05, 4.69) is 40.7 Å². The van der Waals surface area contributed by atoms with Crippen LogP contribution in [0.1, 0.15) is 116 Å². The molecule has 4 aliphatic carbocycles. The first-order valence-corrected chi connectivity index (χ1v) is 18.0. The Hall–Kier alpha value is -2.56. The fourth-order valence-electron chi connectivity index (χ4n) is 10.6. The summed E-state index contributed by atoms with van der Waals surface area (Å²) in [6.45, 7) is 16.0. The lowest BCUT2D eigenvalue weighted by Gasteiger charge is -2.58. The molecule has 0 saturated heterocycles. The number of benzene rings is 1. The van der Waals surface area contributed by atoms with E-state index in [4.69, 9.17) is 13.9 Å². The molecule has 0 spiro atoms. The minimum Gasteiger partial charge on any atom is -0.482 e. The molecule has 6 rings (SSSR count). The molecule has 4 aliphatic rings. The normalized spacial score (nSPS) is 33.2. The number of allylic oxidation sites excluding steroid dienone is 1. The van der Waals surface area contributed by atoms with Gasteiger partial charge < -0.3 is 13.9 Å². The van der Waals surface area contributed by atoms with Gasteiger partial charge in [-0.25, -0.2) is 9.59 Å². The van der Waals surface area contributed by atoms with Crippen LogP contribution in [0.5, 0.6) is 5.75 Å². The number of aryl methyl sites for hydroxylation is 1. The van der Waals surface area contributed by atoms with Crippen LogP contribution in [0.3, 0.4) is 0 Å². The zero-order valence-electron chi connectivity index (χ0n) is 28.9. The van der Waals surface area contributed by atoms with Crippen LogP contribution in [0.2, 0.25) is 0 Å². The second-order valence-electron chi connectivity index (χ2n) is 16.2. The Balaban J connectivity index is 1.05. The summed E-state index contributed by atoms with van der Waals surface area (Å²) in [6, 6.07) is 5.37. The van der Waals surface area contributed by atoms with Crippen molar-refractivity contribution in [1.82, 2.24) is 0 Å². The Morgan fingerprint density at radius 2 is 1.80 bits per heavy atom. The summed E-state index contributed by atoms with van der Waals surface area (Å²) >= 11 is 0. The molecule has 5 heteroatoms. The summed E-state index contributed by atoms with van der Waals surface area (Å²) in [7, 11) is 0. The van der Waals surface area contributed by atoms with Crippen LogP contribution < -0.4 is 10.4 Å². The smallest absolute Gasteiger partial charge is 0.344 e. The van der Waals surface area contributed by atoms with Crippen LogP contribution in [-0.2, 0) is 9.53 Å². The Morgan fingerprint density at radius 3 is 2.58 bits per heavy atom. The van der Waals surface area contributed by atoms with Crippen LogP contribution in [0.4, 0.5) is 0 Å². The van der Waals surface area contributed by atoms with Crippen molar-refractivity contribution >= 4 is 16.9 Å². The maximum absolute atomic E-state index is 12.9. The zero-order valence-corrected chi connectivity index (χ0v) is 28.9. The molecule has 246 valence electrons. The highest BCUT2D eigenvalue weighted by molar-refractivity contribution is 5.82. The number of hydrogen-bond donors (Lipinski definition) is 0. The molecule has 2 aromatic rings. The third-order valence-corrected chi connectivity index (χ3v) is 13.3. The van der Waals surface area contributed by atoms with Gasteiger partial charge in [0.05, 0.1) is 0 Å². The summed E-state index contributed by atoms with van der Waals surface area (Å²) in [5.41, 5.74) is 3.90. The molecular weight excluding hydrogens is 560 g/mol. The van der Waals surface area contributed by atoms with Gasteiger partial charge in [0.15, 0.2) is 6.61 Å². The van der Waals surface area contributed by atoms with E-state index < -0.39 is 0 Å². The van der Waals surface area contributed by atoms with Crippen molar-refractivity contribution in [3.63, 3.8) is 0 Å². The molecule has 8 atom stereocenters. The van der Waals surface area contributed by atoms with Crippen molar-refractivity contribution < 1.29 is 18.7 Å². The minimum absolute atomic E-state index is 0.0892. The number of carbonyl (C=O) groups excluding carboxylic acids is 1. The number of ether oxygens (including phenoxy) is 2. The van der Waals surface area contributed by atoms with Crippen molar-refractivity contribution in [2.75, 3.05) is 6.61 Å². The topological polar surface area (TPSA) is 65.7 Å². The molecule has 3 fully saturated rings. The molecule has 0 aliphatic heterocycles. The summed E-state index contributed by atoms with van der Waals surface area (Å²) in [5, 5.41) is 0.872. The number of fused-ring (bicyclic) bond motifs is 6. The van der Waals surface area contributed by atoms with Crippen LogP contribution in [-0.4, -0.2) is 18.7 Å². The van der Waals surface area contributed by atoms with Gasteiger partial charge in [0.1, 0.15) is 17.4 Å².